The molecule has 1 aliphatic heterocycles. The van der Waals surface area contributed by atoms with Crippen LogP contribution < -0.4 is 15.4 Å². The standard InChI is InChI=1S/C16H24N2O2/c1-12-5-6-15(10-13(12)2)20-9-7-16(19)18-11-14-4-3-8-17-14/h5-6,10,14,17H,3-4,7-9,11H2,1-2H3,(H,18,19). The number of hydrogen-bond acceptors (Lipinski definition) is 3. The summed E-state index contributed by atoms with van der Waals surface area (Å²) >= 11 is 0. The van der Waals surface area contributed by atoms with Crippen LogP contribution in [0.1, 0.15) is 30.4 Å². The van der Waals surface area contributed by atoms with Crippen LogP contribution in [0.4, 0.5) is 0 Å². The van der Waals surface area contributed by atoms with Gasteiger partial charge in [-0.1, -0.05) is 6.07 Å². The summed E-state index contributed by atoms with van der Waals surface area (Å²) in [5, 5.41) is 6.31. The van der Waals surface area contributed by atoms with Crippen molar-refractivity contribution in [2.75, 3.05) is 19.7 Å². The van der Waals surface area contributed by atoms with E-state index in [0.717, 1.165) is 25.3 Å². The molecule has 4 heteroatoms. The number of carbonyl (C=O) groups is 1. The van der Waals surface area contributed by atoms with E-state index in [0.29, 0.717) is 19.1 Å². The highest BCUT2D eigenvalue weighted by molar-refractivity contribution is 5.76. The molecule has 1 aliphatic rings. The van der Waals surface area contributed by atoms with Crippen LogP contribution in [0.15, 0.2) is 18.2 Å². The third kappa shape index (κ3) is 4.53. The highest BCUT2D eigenvalue weighted by Crippen LogP contribution is 2.16. The molecule has 1 aromatic carbocycles. The minimum atomic E-state index is 0.0579. The molecule has 1 amide bonds. The Morgan fingerprint density at radius 3 is 2.95 bits per heavy atom. The summed E-state index contributed by atoms with van der Waals surface area (Å²) in [6.45, 7) is 6.35. The highest BCUT2D eigenvalue weighted by Gasteiger charge is 2.14. The Labute approximate surface area is 120 Å². The molecule has 2 rings (SSSR count). The molecule has 0 aliphatic carbocycles. The fourth-order valence-electron chi connectivity index (χ4n) is 2.32. The Bertz CT molecular complexity index is 454. The Kier molecular flexibility index (Phi) is 5.41. The molecule has 1 unspecified atom stereocenters. The van der Waals surface area contributed by atoms with Gasteiger partial charge in [0.1, 0.15) is 5.75 Å². The van der Waals surface area contributed by atoms with Gasteiger partial charge in [0.25, 0.3) is 0 Å². The fourth-order valence-corrected chi connectivity index (χ4v) is 2.32. The van der Waals surface area contributed by atoms with Crippen LogP contribution in [-0.4, -0.2) is 31.6 Å². The molecule has 4 nitrogen and oxygen atoms in total. The summed E-state index contributed by atoms with van der Waals surface area (Å²) in [4.78, 5) is 11.7. The maximum Gasteiger partial charge on any atom is 0.223 e. The van der Waals surface area contributed by atoms with Crippen molar-refractivity contribution in [3.63, 3.8) is 0 Å². The van der Waals surface area contributed by atoms with Crippen molar-refractivity contribution >= 4 is 5.91 Å². The summed E-state index contributed by atoms with van der Waals surface area (Å²) in [6, 6.07) is 6.44. The number of ether oxygens (including phenoxy) is 1. The summed E-state index contributed by atoms with van der Waals surface area (Å²) in [6.07, 6.45) is 2.76. The van der Waals surface area contributed by atoms with Crippen molar-refractivity contribution in [1.82, 2.24) is 10.6 Å². The lowest BCUT2D eigenvalue weighted by molar-refractivity contribution is -0.121. The van der Waals surface area contributed by atoms with Gasteiger partial charge in [-0.2, -0.15) is 0 Å². The Hall–Kier alpha value is -1.55. The molecular formula is C16H24N2O2. The molecule has 0 aromatic heterocycles. The zero-order chi connectivity index (χ0) is 14.4. The number of carbonyl (C=O) groups excluding carboxylic acids is 1. The molecule has 1 heterocycles. The number of hydrogen-bond donors (Lipinski definition) is 2. The van der Waals surface area contributed by atoms with Crippen LogP contribution >= 0.6 is 0 Å². The van der Waals surface area contributed by atoms with Crippen LogP contribution in [-0.2, 0) is 4.79 Å². The number of benzene rings is 1. The van der Waals surface area contributed by atoms with E-state index < -0.39 is 0 Å². The second-order valence-electron chi connectivity index (χ2n) is 5.44. The summed E-state index contributed by atoms with van der Waals surface area (Å²) in [7, 11) is 0. The predicted molar refractivity (Wildman–Crippen MR) is 80.1 cm³/mol. The molecule has 0 spiro atoms. The first-order valence-electron chi connectivity index (χ1n) is 7.35. The molecule has 0 saturated carbocycles. The van der Waals surface area contributed by atoms with E-state index >= 15 is 0 Å². The molecule has 110 valence electrons. The first kappa shape index (κ1) is 14.9. The number of amides is 1. The van der Waals surface area contributed by atoms with Crippen molar-refractivity contribution in [2.24, 2.45) is 0 Å². The van der Waals surface area contributed by atoms with Crippen molar-refractivity contribution in [2.45, 2.75) is 39.2 Å². The number of nitrogens with one attached hydrogen (secondary N) is 2. The van der Waals surface area contributed by atoms with Gasteiger partial charge in [0, 0.05) is 12.6 Å². The Balaban J connectivity index is 1.64. The van der Waals surface area contributed by atoms with Crippen LogP contribution in [0.2, 0.25) is 0 Å². The zero-order valence-corrected chi connectivity index (χ0v) is 12.4. The van der Waals surface area contributed by atoms with Gasteiger partial charge in [-0.3, -0.25) is 4.79 Å². The first-order valence-corrected chi connectivity index (χ1v) is 7.35. The van der Waals surface area contributed by atoms with Gasteiger partial charge in [0.05, 0.1) is 13.0 Å². The number of rotatable bonds is 6. The van der Waals surface area contributed by atoms with Crippen molar-refractivity contribution < 1.29 is 9.53 Å². The molecule has 2 N–H and O–H groups in total. The Morgan fingerprint density at radius 2 is 2.25 bits per heavy atom. The van der Waals surface area contributed by atoms with E-state index in [1.54, 1.807) is 0 Å². The van der Waals surface area contributed by atoms with Gasteiger partial charge in [0.2, 0.25) is 5.91 Å². The van der Waals surface area contributed by atoms with Crippen LogP contribution in [0.5, 0.6) is 5.75 Å². The SMILES string of the molecule is Cc1ccc(OCCC(=O)NCC2CCCN2)cc1C. The van der Waals surface area contributed by atoms with Crippen LogP contribution in [0, 0.1) is 13.8 Å². The molecule has 20 heavy (non-hydrogen) atoms. The quantitative estimate of drug-likeness (QED) is 0.835. The van der Waals surface area contributed by atoms with Crippen molar-refractivity contribution in [3.05, 3.63) is 29.3 Å². The average Bonchev–Trinajstić information content (AvgIpc) is 2.94. The van der Waals surface area contributed by atoms with Crippen molar-refractivity contribution in [3.8, 4) is 5.75 Å². The van der Waals surface area contributed by atoms with E-state index in [1.807, 2.05) is 18.2 Å². The maximum atomic E-state index is 11.7. The average molecular weight is 276 g/mol. The van der Waals surface area contributed by atoms with Gasteiger partial charge in [-0.05, 0) is 56.5 Å². The lowest BCUT2D eigenvalue weighted by atomic mass is 10.1. The van der Waals surface area contributed by atoms with E-state index in [2.05, 4.69) is 24.5 Å². The van der Waals surface area contributed by atoms with Gasteiger partial charge in [-0.25, -0.2) is 0 Å². The summed E-state index contributed by atoms with van der Waals surface area (Å²) in [5.41, 5.74) is 2.46. The molecule has 1 fully saturated rings. The third-order valence-electron chi connectivity index (χ3n) is 3.78. The molecule has 1 aromatic rings. The lowest BCUT2D eigenvalue weighted by Crippen LogP contribution is -2.37. The molecule has 0 bridgehead atoms. The van der Waals surface area contributed by atoms with Gasteiger partial charge < -0.3 is 15.4 Å². The predicted octanol–water partition coefficient (Wildman–Crippen LogP) is 1.94. The zero-order valence-electron chi connectivity index (χ0n) is 12.4. The van der Waals surface area contributed by atoms with E-state index in [4.69, 9.17) is 4.74 Å². The van der Waals surface area contributed by atoms with Gasteiger partial charge in [0.15, 0.2) is 0 Å². The van der Waals surface area contributed by atoms with Gasteiger partial charge >= 0.3 is 0 Å². The molecule has 1 atom stereocenters. The number of aryl methyl sites for hydroxylation is 2. The van der Waals surface area contributed by atoms with Crippen LogP contribution in [0.3, 0.4) is 0 Å². The topological polar surface area (TPSA) is 50.4 Å². The van der Waals surface area contributed by atoms with E-state index in [-0.39, 0.29) is 5.91 Å². The maximum absolute atomic E-state index is 11.7. The van der Waals surface area contributed by atoms with Gasteiger partial charge in [-0.15, -0.1) is 0 Å². The largest absolute Gasteiger partial charge is 0.493 e. The minimum Gasteiger partial charge on any atom is -0.493 e. The highest BCUT2D eigenvalue weighted by atomic mass is 16.5. The second kappa shape index (κ2) is 7.29. The fraction of sp³-hybridized carbons (Fsp3) is 0.562. The molecular weight excluding hydrogens is 252 g/mol. The Morgan fingerprint density at radius 1 is 1.40 bits per heavy atom. The van der Waals surface area contributed by atoms with E-state index in [9.17, 15) is 4.79 Å². The lowest BCUT2D eigenvalue weighted by Gasteiger charge is -2.12. The second-order valence-corrected chi connectivity index (χ2v) is 5.44. The minimum absolute atomic E-state index is 0.0579. The van der Waals surface area contributed by atoms with Crippen LogP contribution in [0.25, 0.3) is 0 Å². The monoisotopic (exact) mass is 276 g/mol. The normalized spacial score (nSPS) is 18.0. The smallest absolute Gasteiger partial charge is 0.223 e. The third-order valence-corrected chi connectivity index (χ3v) is 3.78. The molecule has 1 saturated heterocycles. The summed E-state index contributed by atoms with van der Waals surface area (Å²) in [5.74, 6) is 0.890. The van der Waals surface area contributed by atoms with Crippen molar-refractivity contribution in [1.29, 1.82) is 0 Å². The molecule has 0 radical (unpaired) electrons. The first-order chi connectivity index (χ1) is 9.65. The van der Waals surface area contributed by atoms with E-state index in [1.165, 1.54) is 17.5 Å². The summed E-state index contributed by atoms with van der Waals surface area (Å²) < 4.78 is 5.61.